The maximum atomic E-state index is 11.6. The molecule has 2 heteroatoms. The van der Waals surface area contributed by atoms with Gasteiger partial charge in [-0.1, -0.05) is 27.7 Å². The van der Waals surface area contributed by atoms with E-state index in [2.05, 4.69) is 27.7 Å². The standard InChI is InChI=1S/C24H40O2/c1-15(2)17-10-12-23(4)18(14-17)6-7-19-20-8-9-22(26-16(3)25)24(20,5)13-11-21(19)23/h15,17-22H,6-14H2,1-5H3/t17-,18-,19-,20-,21-,22-,23-,24-/m0/s1. The van der Waals surface area contributed by atoms with Crippen LogP contribution in [0.4, 0.5) is 0 Å². The van der Waals surface area contributed by atoms with Gasteiger partial charge < -0.3 is 4.74 Å². The number of hydrogen-bond acceptors (Lipinski definition) is 2. The maximum absolute atomic E-state index is 11.6. The third kappa shape index (κ3) is 2.76. The molecule has 0 aromatic carbocycles. The van der Waals surface area contributed by atoms with Crippen LogP contribution in [0, 0.1) is 46.3 Å². The quantitative estimate of drug-likeness (QED) is 0.545. The molecule has 2 nitrogen and oxygen atoms in total. The van der Waals surface area contributed by atoms with Crippen LogP contribution in [0.2, 0.25) is 0 Å². The van der Waals surface area contributed by atoms with Gasteiger partial charge in [0.15, 0.2) is 0 Å². The topological polar surface area (TPSA) is 26.3 Å². The zero-order valence-electron chi connectivity index (χ0n) is 17.7. The van der Waals surface area contributed by atoms with E-state index in [1.807, 2.05) is 0 Å². The average molecular weight is 361 g/mol. The van der Waals surface area contributed by atoms with Crippen LogP contribution in [0.5, 0.6) is 0 Å². The zero-order chi connectivity index (χ0) is 18.7. The fourth-order valence-electron chi connectivity index (χ4n) is 8.24. The Morgan fingerprint density at radius 3 is 2.31 bits per heavy atom. The lowest BCUT2D eigenvalue weighted by atomic mass is 9.44. The van der Waals surface area contributed by atoms with Crippen LogP contribution in [-0.4, -0.2) is 12.1 Å². The molecule has 4 fully saturated rings. The molecule has 0 aliphatic heterocycles. The number of esters is 1. The molecule has 0 N–H and O–H groups in total. The van der Waals surface area contributed by atoms with Gasteiger partial charge in [0.05, 0.1) is 0 Å². The summed E-state index contributed by atoms with van der Waals surface area (Å²) in [6.07, 6.45) is 12.5. The van der Waals surface area contributed by atoms with Crippen LogP contribution < -0.4 is 0 Å². The van der Waals surface area contributed by atoms with Gasteiger partial charge in [-0.2, -0.15) is 0 Å². The van der Waals surface area contributed by atoms with Crippen molar-refractivity contribution < 1.29 is 9.53 Å². The largest absolute Gasteiger partial charge is 0.462 e. The Labute approximate surface area is 160 Å². The molecule has 4 aliphatic carbocycles. The summed E-state index contributed by atoms with van der Waals surface area (Å²) in [7, 11) is 0. The van der Waals surface area contributed by atoms with E-state index in [0.29, 0.717) is 5.41 Å². The minimum Gasteiger partial charge on any atom is -0.462 e. The van der Waals surface area contributed by atoms with Crippen molar-refractivity contribution in [2.24, 2.45) is 46.3 Å². The van der Waals surface area contributed by atoms with Gasteiger partial charge in [-0.3, -0.25) is 4.79 Å². The third-order valence-electron chi connectivity index (χ3n) is 9.87. The second-order valence-electron chi connectivity index (χ2n) is 11.2. The Hall–Kier alpha value is -0.530. The fraction of sp³-hybridized carbons (Fsp3) is 0.958. The van der Waals surface area contributed by atoms with E-state index in [1.165, 1.54) is 51.4 Å². The minimum absolute atomic E-state index is 0.0818. The number of hydrogen-bond donors (Lipinski definition) is 0. The summed E-state index contributed by atoms with van der Waals surface area (Å²) in [5.41, 5.74) is 0.820. The van der Waals surface area contributed by atoms with Gasteiger partial charge in [0, 0.05) is 12.3 Å². The number of carbonyl (C=O) groups excluding carboxylic acids is 1. The predicted molar refractivity (Wildman–Crippen MR) is 106 cm³/mol. The first-order valence-corrected chi connectivity index (χ1v) is 11.4. The Bertz CT molecular complexity index is 554. The lowest BCUT2D eigenvalue weighted by molar-refractivity contribution is -0.162. The Kier molecular flexibility index (Phi) is 4.72. The summed E-state index contributed by atoms with van der Waals surface area (Å²) in [5, 5.41) is 0. The van der Waals surface area contributed by atoms with Crippen molar-refractivity contribution in [1.82, 2.24) is 0 Å². The van der Waals surface area contributed by atoms with E-state index in [4.69, 9.17) is 4.74 Å². The van der Waals surface area contributed by atoms with Gasteiger partial charge in [-0.25, -0.2) is 0 Å². The molecule has 4 rings (SSSR count). The van der Waals surface area contributed by atoms with Gasteiger partial charge in [-0.05, 0) is 98.7 Å². The van der Waals surface area contributed by atoms with Crippen molar-refractivity contribution in [2.45, 2.75) is 98.5 Å². The van der Waals surface area contributed by atoms with Gasteiger partial charge in [0.25, 0.3) is 0 Å². The molecule has 0 unspecified atom stereocenters. The summed E-state index contributed by atoms with van der Waals surface area (Å²) in [4.78, 5) is 11.6. The maximum Gasteiger partial charge on any atom is 0.302 e. The highest BCUT2D eigenvalue weighted by Gasteiger charge is 2.61. The van der Waals surface area contributed by atoms with Crippen LogP contribution >= 0.6 is 0 Å². The highest BCUT2D eigenvalue weighted by Crippen LogP contribution is 2.67. The number of carbonyl (C=O) groups is 1. The molecule has 0 spiro atoms. The SMILES string of the molecule is CC(=O)O[C@H]1CC[C@H]2[C@@H]3CC[C@H]4C[C@@H](C(C)C)CC[C@]4(C)[C@H]3CC[C@]12C. The minimum atomic E-state index is -0.0818. The van der Waals surface area contributed by atoms with Crippen molar-refractivity contribution in [3.8, 4) is 0 Å². The second kappa shape index (κ2) is 6.52. The first kappa shape index (κ1) is 18.8. The van der Waals surface area contributed by atoms with Gasteiger partial charge in [0.2, 0.25) is 0 Å². The normalized spacial score (nSPS) is 50.7. The van der Waals surface area contributed by atoms with Crippen molar-refractivity contribution in [3.05, 3.63) is 0 Å². The van der Waals surface area contributed by atoms with Crippen LogP contribution in [0.15, 0.2) is 0 Å². The molecule has 0 heterocycles. The number of fused-ring (bicyclic) bond motifs is 5. The zero-order valence-corrected chi connectivity index (χ0v) is 17.7. The molecular weight excluding hydrogens is 320 g/mol. The molecule has 8 atom stereocenters. The molecule has 0 aromatic rings. The van der Waals surface area contributed by atoms with E-state index >= 15 is 0 Å². The molecule has 0 aromatic heterocycles. The van der Waals surface area contributed by atoms with E-state index in [0.717, 1.165) is 41.9 Å². The highest BCUT2D eigenvalue weighted by atomic mass is 16.5. The van der Waals surface area contributed by atoms with Crippen molar-refractivity contribution >= 4 is 5.97 Å². The third-order valence-corrected chi connectivity index (χ3v) is 9.87. The predicted octanol–water partition coefficient (Wildman–Crippen LogP) is 6.23. The first-order chi connectivity index (χ1) is 12.3. The van der Waals surface area contributed by atoms with E-state index in [-0.39, 0.29) is 17.5 Å². The Morgan fingerprint density at radius 1 is 0.923 bits per heavy atom. The summed E-state index contributed by atoms with van der Waals surface area (Å²) >= 11 is 0. The van der Waals surface area contributed by atoms with Crippen molar-refractivity contribution in [1.29, 1.82) is 0 Å². The van der Waals surface area contributed by atoms with Gasteiger partial charge in [-0.15, -0.1) is 0 Å². The van der Waals surface area contributed by atoms with Gasteiger partial charge >= 0.3 is 5.97 Å². The van der Waals surface area contributed by atoms with Crippen LogP contribution in [-0.2, 0) is 9.53 Å². The van der Waals surface area contributed by atoms with Crippen LogP contribution in [0.1, 0.15) is 92.4 Å². The second-order valence-corrected chi connectivity index (χ2v) is 11.2. The summed E-state index contributed by atoms with van der Waals surface area (Å²) < 4.78 is 5.80. The summed E-state index contributed by atoms with van der Waals surface area (Å²) in [6.45, 7) is 11.5. The number of rotatable bonds is 2. The van der Waals surface area contributed by atoms with Gasteiger partial charge in [0.1, 0.15) is 6.10 Å². The van der Waals surface area contributed by atoms with Crippen LogP contribution in [0.25, 0.3) is 0 Å². The molecule has 0 radical (unpaired) electrons. The summed E-state index contributed by atoms with van der Waals surface area (Å²) in [5.74, 6) is 5.27. The van der Waals surface area contributed by atoms with E-state index in [9.17, 15) is 4.79 Å². The number of ether oxygens (including phenoxy) is 1. The molecule has 26 heavy (non-hydrogen) atoms. The lowest BCUT2D eigenvalue weighted by Gasteiger charge is -2.61. The Morgan fingerprint density at radius 2 is 1.62 bits per heavy atom. The molecular formula is C24H40O2. The van der Waals surface area contributed by atoms with Crippen molar-refractivity contribution in [3.63, 3.8) is 0 Å². The van der Waals surface area contributed by atoms with E-state index in [1.54, 1.807) is 6.92 Å². The molecule has 148 valence electrons. The average Bonchev–Trinajstić information content (AvgIpc) is 2.90. The Balaban J connectivity index is 1.54. The monoisotopic (exact) mass is 360 g/mol. The highest BCUT2D eigenvalue weighted by molar-refractivity contribution is 5.66. The molecule has 4 saturated carbocycles. The van der Waals surface area contributed by atoms with E-state index < -0.39 is 0 Å². The van der Waals surface area contributed by atoms with Crippen molar-refractivity contribution in [2.75, 3.05) is 0 Å². The molecule has 0 saturated heterocycles. The molecule has 0 bridgehead atoms. The first-order valence-electron chi connectivity index (χ1n) is 11.4. The molecule has 4 aliphatic rings. The fourth-order valence-corrected chi connectivity index (χ4v) is 8.24. The lowest BCUT2D eigenvalue weighted by Crippen LogP contribution is -2.54. The summed E-state index contributed by atoms with van der Waals surface area (Å²) in [6, 6.07) is 0. The van der Waals surface area contributed by atoms with Crippen LogP contribution in [0.3, 0.4) is 0 Å². The smallest absolute Gasteiger partial charge is 0.302 e. The molecule has 0 amide bonds.